The minimum absolute atomic E-state index is 0.0949. The van der Waals surface area contributed by atoms with Crippen molar-refractivity contribution in [2.75, 3.05) is 32.8 Å². The van der Waals surface area contributed by atoms with Crippen LogP contribution in [0.3, 0.4) is 0 Å². The van der Waals surface area contributed by atoms with Crippen molar-refractivity contribution < 1.29 is 14.3 Å². The molecule has 1 N–H and O–H groups in total. The largest absolute Gasteiger partial charge is 0.461 e. The van der Waals surface area contributed by atoms with Crippen molar-refractivity contribution in [3.05, 3.63) is 35.5 Å². The smallest absolute Gasteiger partial charge is 0.354 e. The third kappa shape index (κ3) is 3.72. The first kappa shape index (κ1) is 18.0. The van der Waals surface area contributed by atoms with Crippen LogP contribution < -0.4 is 0 Å². The van der Waals surface area contributed by atoms with E-state index in [2.05, 4.69) is 9.88 Å². The summed E-state index contributed by atoms with van der Waals surface area (Å²) >= 11 is 0. The van der Waals surface area contributed by atoms with Crippen molar-refractivity contribution in [2.45, 2.75) is 38.6 Å². The van der Waals surface area contributed by atoms with Crippen LogP contribution in [0.5, 0.6) is 0 Å². The van der Waals surface area contributed by atoms with E-state index < -0.39 is 0 Å². The average molecular weight is 369 g/mol. The first-order valence-corrected chi connectivity index (χ1v) is 9.99. The summed E-state index contributed by atoms with van der Waals surface area (Å²) in [6.07, 6.45) is 4.70. The summed E-state index contributed by atoms with van der Waals surface area (Å²) in [5.41, 5.74) is 1.94. The summed E-state index contributed by atoms with van der Waals surface area (Å²) in [4.78, 5) is 32.6. The average Bonchev–Trinajstić information content (AvgIpc) is 3.41. The molecule has 0 radical (unpaired) electrons. The number of hydrogen-bond donors (Lipinski definition) is 1. The molecule has 0 bridgehead atoms. The monoisotopic (exact) mass is 369 g/mol. The topological polar surface area (TPSA) is 65.6 Å². The van der Waals surface area contributed by atoms with Crippen molar-refractivity contribution in [1.82, 2.24) is 14.8 Å². The molecule has 2 fully saturated rings. The molecule has 2 saturated heterocycles. The van der Waals surface area contributed by atoms with E-state index in [4.69, 9.17) is 4.74 Å². The Morgan fingerprint density at radius 2 is 1.96 bits per heavy atom. The van der Waals surface area contributed by atoms with E-state index in [1.807, 2.05) is 23.1 Å². The number of benzene rings is 1. The van der Waals surface area contributed by atoms with E-state index >= 15 is 0 Å². The molecule has 3 heterocycles. The molecule has 2 aliphatic heterocycles. The maximum atomic E-state index is 13.1. The minimum atomic E-state index is -0.369. The fourth-order valence-corrected chi connectivity index (χ4v) is 4.31. The summed E-state index contributed by atoms with van der Waals surface area (Å²) < 4.78 is 5.04. The predicted molar refractivity (Wildman–Crippen MR) is 104 cm³/mol. The molecule has 144 valence electrons. The lowest BCUT2D eigenvalue weighted by Gasteiger charge is -2.28. The molecular weight excluding hydrogens is 342 g/mol. The van der Waals surface area contributed by atoms with E-state index in [1.165, 1.54) is 12.8 Å². The quantitative estimate of drug-likeness (QED) is 0.823. The van der Waals surface area contributed by atoms with Crippen LogP contribution in [-0.2, 0) is 4.74 Å². The number of H-pyrrole nitrogens is 1. The van der Waals surface area contributed by atoms with Crippen LogP contribution >= 0.6 is 0 Å². The number of aromatic nitrogens is 1. The van der Waals surface area contributed by atoms with Gasteiger partial charge in [-0.25, -0.2) is 4.79 Å². The second-order valence-corrected chi connectivity index (χ2v) is 7.51. The zero-order valence-corrected chi connectivity index (χ0v) is 15.9. The van der Waals surface area contributed by atoms with Gasteiger partial charge in [0, 0.05) is 35.6 Å². The van der Waals surface area contributed by atoms with Gasteiger partial charge >= 0.3 is 5.97 Å². The first-order valence-electron chi connectivity index (χ1n) is 9.99. The molecule has 1 aromatic carbocycles. The number of nitrogens with zero attached hydrogens (tertiary/aromatic N) is 2. The maximum absolute atomic E-state index is 13.1. The molecule has 6 nitrogen and oxygen atoms in total. The van der Waals surface area contributed by atoms with Crippen LogP contribution in [-0.4, -0.2) is 65.5 Å². The highest BCUT2D eigenvalue weighted by Crippen LogP contribution is 2.24. The van der Waals surface area contributed by atoms with Gasteiger partial charge in [0.1, 0.15) is 5.69 Å². The zero-order valence-electron chi connectivity index (χ0n) is 15.9. The van der Waals surface area contributed by atoms with E-state index in [-0.39, 0.29) is 11.9 Å². The highest BCUT2D eigenvalue weighted by atomic mass is 16.5. The van der Waals surface area contributed by atoms with Crippen molar-refractivity contribution in [3.8, 4) is 0 Å². The molecule has 27 heavy (non-hydrogen) atoms. The van der Waals surface area contributed by atoms with E-state index in [0.717, 1.165) is 49.9 Å². The van der Waals surface area contributed by atoms with Gasteiger partial charge in [-0.05, 0) is 70.0 Å². The number of carbonyl (C=O) groups is 2. The Hall–Kier alpha value is -2.34. The lowest BCUT2D eigenvalue weighted by atomic mass is 10.1. The highest BCUT2D eigenvalue weighted by molar-refractivity contribution is 6.00. The number of nitrogens with one attached hydrogen (secondary N) is 1. The van der Waals surface area contributed by atoms with Gasteiger partial charge in [-0.1, -0.05) is 0 Å². The SMILES string of the molecule is CCOC(=O)c1cc2cc(C(=O)N3CCC[C@H]3CN3CCCC3)ccc2[nH]1. The molecule has 4 rings (SSSR count). The summed E-state index contributed by atoms with van der Waals surface area (Å²) in [7, 11) is 0. The minimum Gasteiger partial charge on any atom is -0.461 e. The highest BCUT2D eigenvalue weighted by Gasteiger charge is 2.31. The lowest BCUT2D eigenvalue weighted by molar-refractivity contribution is 0.0520. The normalized spacial score (nSPS) is 20.5. The summed E-state index contributed by atoms with van der Waals surface area (Å²) in [6, 6.07) is 7.67. The molecular formula is C21H27N3O3. The number of rotatable bonds is 5. The molecule has 0 unspecified atom stereocenters. The van der Waals surface area contributed by atoms with E-state index in [0.29, 0.717) is 23.9 Å². The van der Waals surface area contributed by atoms with E-state index in [9.17, 15) is 9.59 Å². The van der Waals surface area contributed by atoms with Crippen LogP contribution in [0, 0.1) is 0 Å². The van der Waals surface area contributed by atoms with Crippen LogP contribution in [0.2, 0.25) is 0 Å². The number of esters is 1. The Bertz CT molecular complexity index is 838. The van der Waals surface area contributed by atoms with Gasteiger partial charge in [-0.2, -0.15) is 0 Å². The van der Waals surface area contributed by atoms with Gasteiger partial charge in [0.2, 0.25) is 0 Å². The Labute approximate surface area is 159 Å². The molecule has 2 aliphatic rings. The Morgan fingerprint density at radius 3 is 2.74 bits per heavy atom. The van der Waals surface area contributed by atoms with Crippen LogP contribution in [0.15, 0.2) is 24.3 Å². The van der Waals surface area contributed by atoms with Crippen LogP contribution in [0.1, 0.15) is 53.5 Å². The summed E-state index contributed by atoms with van der Waals surface area (Å²) in [5, 5.41) is 0.860. The summed E-state index contributed by atoms with van der Waals surface area (Å²) in [6.45, 7) is 6.26. The van der Waals surface area contributed by atoms with Crippen LogP contribution in [0.4, 0.5) is 0 Å². The van der Waals surface area contributed by atoms with Gasteiger partial charge in [0.25, 0.3) is 5.91 Å². The number of ether oxygens (including phenoxy) is 1. The van der Waals surface area contributed by atoms with Crippen molar-refractivity contribution in [1.29, 1.82) is 0 Å². The lowest BCUT2D eigenvalue weighted by Crippen LogP contribution is -2.42. The molecule has 0 aliphatic carbocycles. The van der Waals surface area contributed by atoms with Gasteiger partial charge in [-0.3, -0.25) is 4.79 Å². The first-order chi connectivity index (χ1) is 13.2. The Kier molecular flexibility index (Phi) is 5.16. The third-order valence-electron chi connectivity index (χ3n) is 5.67. The van der Waals surface area contributed by atoms with Crippen molar-refractivity contribution in [3.63, 3.8) is 0 Å². The molecule has 2 aromatic rings. The summed E-state index contributed by atoms with van der Waals surface area (Å²) in [5.74, 6) is -0.274. The zero-order chi connectivity index (χ0) is 18.8. The maximum Gasteiger partial charge on any atom is 0.354 e. The number of carbonyl (C=O) groups excluding carboxylic acids is 2. The number of amides is 1. The molecule has 1 amide bonds. The number of likely N-dealkylation sites (tertiary alicyclic amines) is 2. The van der Waals surface area contributed by atoms with Gasteiger partial charge < -0.3 is 19.5 Å². The molecule has 6 heteroatoms. The molecule has 1 atom stereocenters. The van der Waals surface area contributed by atoms with E-state index in [1.54, 1.807) is 13.0 Å². The van der Waals surface area contributed by atoms with Crippen LogP contribution in [0.25, 0.3) is 10.9 Å². The predicted octanol–water partition coefficient (Wildman–Crippen LogP) is 3.05. The molecule has 1 aromatic heterocycles. The second kappa shape index (κ2) is 7.72. The third-order valence-corrected chi connectivity index (χ3v) is 5.67. The van der Waals surface area contributed by atoms with Crippen molar-refractivity contribution in [2.24, 2.45) is 0 Å². The number of aromatic amines is 1. The standard InChI is InChI=1S/C21H27N3O3/c1-2-27-21(26)19-13-16-12-15(7-8-18(16)22-19)20(25)24-11-5-6-17(24)14-23-9-3-4-10-23/h7-8,12-13,17,22H,2-6,9-11,14H2,1H3/t17-/m0/s1. The Morgan fingerprint density at radius 1 is 1.15 bits per heavy atom. The second-order valence-electron chi connectivity index (χ2n) is 7.51. The number of fused-ring (bicyclic) bond motifs is 1. The van der Waals surface area contributed by atoms with Gasteiger partial charge in [0.05, 0.1) is 6.61 Å². The Balaban J connectivity index is 1.52. The van der Waals surface area contributed by atoms with Gasteiger partial charge in [-0.15, -0.1) is 0 Å². The van der Waals surface area contributed by atoms with Gasteiger partial charge in [0.15, 0.2) is 0 Å². The van der Waals surface area contributed by atoms with Crippen molar-refractivity contribution >= 4 is 22.8 Å². The molecule has 0 spiro atoms. The fourth-order valence-electron chi connectivity index (χ4n) is 4.31. The number of hydrogen-bond acceptors (Lipinski definition) is 4. The molecule has 0 saturated carbocycles. The fraction of sp³-hybridized carbons (Fsp3) is 0.524.